The van der Waals surface area contributed by atoms with Gasteiger partial charge in [0.15, 0.2) is 5.82 Å². The number of methoxy groups -OCH3 is 1. The number of aromatic nitrogens is 2. The van der Waals surface area contributed by atoms with Gasteiger partial charge in [0.25, 0.3) is 5.56 Å². The predicted octanol–water partition coefficient (Wildman–Crippen LogP) is 0.981. The Kier molecular flexibility index (Phi) is 3.59. The van der Waals surface area contributed by atoms with Gasteiger partial charge in [-0.15, -0.1) is 0 Å². The molecular weight excluding hydrogens is 232 g/mol. The third-order valence-electron chi connectivity index (χ3n) is 2.51. The molecule has 0 atom stereocenters. The van der Waals surface area contributed by atoms with E-state index in [2.05, 4.69) is 15.3 Å². The van der Waals surface area contributed by atoms with Gasteiger partial charge in [-0.05, 0) is 11.6 Å². The molecule has 6 heteroatoms. The lowest BCUT2D eigenvalue weighted by Gasteiger charge is -2.11. The molecule has 1 aromatic carbocycles. The van der Waals surface area contributed by atoms with Crippen LogP contribution in [0.25, 0.3) is 0 Å². The van der Waals surface area contributed by atoms with Crippen molar-refractivity contribution in [3.8, 4) is 5.75 Å². The van der Waals surface area contributed by atoms with Crippen molar-refractivity contribution in [1.82, 2.24) is 9.97 Å². The Balaban J connectivity index is 2.40. The van der Waals surface area contributed by atoms with Crippen molar-refractivity contribution in [1.29, 1.82) is 0 Å². The van der Waals surface area contributed by atoms with Crippen LogP contribution in [0.2, 0.25) is 0 Å². The first kappa shape index (κ1) is 12.1. The zero-order valence-corrected chi connectivity index (χ0v) is 9.93. The summed E-state index contributed by atoms with van der Waals surface area (Å²) in [5.74, 6) is 0.506. The van der Waals surface area contributed by atoms with E-state index in [1.54, 1.807) is 0 Å². The summed E-state index contributed by atoms with van der Waals surface area (Å²) in [7, 11) is 1.42. The SMILES string of the molecule is COc1c(Nc2ccccc2CN)nc[nH]c1=O. The van der Waals surface area contributed by atoms with Gasteiger partial charge in [0.2, 0.25) is 5.75 Å². The number of nitrogens with zero attached hydrogens (tertiary/aromatic N) is 1. The summed E-state index contributed by atoms with van der Waals surface area (Å²) in [5, 5.41) is 3.05. The molecular formula is C12H14N4O2. The smallest absolute Gasteiger partial charge is 0.295 e. The number of ether oxygens (including phenoxy) is 1. The number of anilines is 2. The van der Waals surface area contributed by atoms with Crippen molar-refractivity contribution in [3.05, 3.63) is 46.5 Å². The van der Waals surface area contributed by atoms with E-state index >= 15 is 0 Å². The number of nitrogens with one attached hydrogen (secondary N) is 2. The van der Waals surface area contributed by atoms with Crippen LogP contribution in [0.1, 0.15) is 5.56 Å². The van der Waals surface area contributed by atoms with Crippen molar-refractivity contribution in [2.24, 2.45) is 5.73 Å². The Morgan fingerprint density at radius 1 is 1.44 bits per heavy atom. The van der Waals surface area contributed by atoms with Crippen LogP contribution in [-0.4, -0.2) is 17.1 Å². The van der Waals surface area contributed by atoms with E-state index in [9.17, 15) is 4.79 Å². The number of hydrogen-bond donors (Lipinski definition) is 3. The van der Waals surface area contributed by atoms with E-state index in [0.29, 0.717) is 12.4 Å². The van der Waals surface area contributed by atoms with Crippen molar-refractivity contribution >= 4 is 11.5 Å². The highest BCUT2D eigenvalue weighted by Gasteiger charge is 2.10. The second-order valence-electron chi connectivity index (χ2n) is 3.60. The summed E-state index contributed by atoms with van der Waals surface area (Å²) in [4.78, 5) is 18.0. The van der Waals surface area contributed by atoms with Gasteiger partial charge >= 0.3 is 0 Å². The second-order valence-corrected chi connectivity index (χ2v) is 3.60. The Hall–Kier alpha value is -2.34. The number of benzene rings is 1. The maximum absolute atomic E-state index is 11.5. The topological polar surface area (TPSA) is 93.0 Å². The molecule has 0 saturated carbocycles. The van der Waals surface area contributed by atoms with Crippen LogP contribution >= 0.6 is 0 Å². The van der Waals surface area contributed by atoms with E-state index in [-0.39, 0.29) is 11.3 Å². The average molecular weight is 246 g/mol. The second kappa shape index (κ2) is 5.33. The molecule has 0 fully saturated rings. The fourth-order valence-corrected chi connectivity index (χ4v) is 1.61. The van der Waals surface area contributed by atoms with E-state index in [0.717, 1.165) is 11.3 Å². The molecule has 18 heavy (non-hydrogen) atoms. The van der Waals surface area contributed by atoms with Crippen molar-refractivity contribution < 1.29 is 4.74 Å². The third-order valence-corrected chi connectivity index (χ3v) is 2.51. The van der Waals surface area contributed by atoms with Crippen molar-refractivity contribution in [2.45, 2.75) is 6.54 Å². The molecule has 1 aromatic heterocycles. The van der Waals surface area contributed by atoms with Crippen LogP contribution in [0.5, 0.6) is 5.75 Å². The van der Waals surface area contributed by atoms with Gasteiger partial charge in [0, 0.05) is 12.2 Å². The zero-order chi connectivity index (χ0) is 13.0. The molecule has 1 heterocycles. The minimum Gasteiger partial charge on any atom is -0.489 e. The number of nitrogens with two attached hydrogens (primary N) is 1. The van der Waals surface area contributed by atoms with Crippen LogP contribution in [0.3, 0.4) is 0 Å². The minimum atomic E-state index is -0.333. The molecule has 0 aliphatic heterocycles. The summed E-state index contributed by atoms with van der Waals surface area (Å²) in [5.41, 5.74) is 7.05. The molecule has 0 unspecified atom stereocenters. The predicted molar refractivity (Wildman–Crippen MR) is 69.0 cm³/mol. The van der Waals surface area contributed by atoms with Gasteiger partial charge in [0.05, 0.1) is 13.4 Å². The van der Waals surface area contributed by atoms with Crippen LogP contribution < -0.4 is 21.3 Å². The molecule has 0 aliphatic carbocycles. The van der Waals surface area contributed by atoms with Crippen LogP contribution in [0, 0.1) is 0 Å². The lowest BCUT2D eigenvalue weighted by Crippen LogP contribution is -2.13. The molecule has 0 amide bonds. The summed E-state index contributed by atoms with van der Waals surface area (Å²) in [6.45, 7) is 0.397. The largest absolute Gasteiger partial charge is 0.489 e. The molecule has 94 valence electrons. The highest BCUT2D eigenvalue weighted by molar-refractivity contribution is 5.64. The van der Waals surface area contributed by atoms with Gasteiger partial charge in [-0.3, -0.25) is 4.79 Å². The fraction of sp³-hybridized carbons (Fsp3) is 0.167. The van der Waals surface area contributed by atoms with E-state index in [4.69, 9.17) is 10.5 Å². The van der Waals surface area contributed by atoms with Gasteiger partial charge in [-0.25, -0.2) is 4.98 Å². The van der Waals surface area contributed by atoms with Crippen molar-refractivity contribution in [2.75, 3.05) is 12.4 Å². The highest BCUT2D eigenvalue weighted by Crippen LogP contribution is 2.23. The summed E-state index contributed by atoms with van der Waals surface area (Å²) in [6, 6.07) is 7.55. The molecule has 6 nitrogen and oxygen atoms in total. The monoisotopic (exact) mass is 246 g/mol. The molecule has 0 bridgehead atoms. The Bertz CT molecular complexity index is 595. The molecule has 2 rings (SSSR count). The molecule has 4 N–H and O–H groups in total. The number of hydrogen-bond acceptors (Lipinski definition) is 5. The number of aromatic amines is 1. The van der Waals surface area contributed by atoms with Gasteiger partial charge in [-0.1, -0.05) is 18.2 Å². The zero-order valence-electron chi connectivity index (χ0n) is 9.93. The first-order valence-electron chi connectivity index (χ1n) is 5.43. The Morgan fingerprint density at radius 3 is 2.94 bits per heavy atom. The maximum Gasteiger partial charge on any atom is 0.295 e. The van der Waals surface area contributed by atoms with E-state index in [1.165, 1.54) is 13.4 Å². The summed E-state index contributed by atoms with van der Waals surface area (Å²) < 4.78 is 5.02. The summed E-state index contributed by atoms with van der Waals surface area (Å²) >= 11 is 0. The van der Waals surface area contributed by atoms with Crippen molar-refractivity contribution in [3.63, 3.8) is 0 Å². The molecule has 2 aromatic rings. The average Bonchev–Trinajstić information content (AvgIpc) is 2.40. The molecule has 0 saturated heterocycles. The molecule has 0 spiro atoms. The van der Waals surface area contributed by atoms with Crippen LogP contribution in [0.4, 0.5) is 11.5 Å². The Morgan fingerprint density at radius 2 is 2.22 bits per heavy atom. The van der Waals surface area contributed by atoms with Gasteiger partial charge in [0.1, 0.15) is 0 Å². The van der Waals surface area contributed by atoms with Crippen LogP contribution in [-0.2, 0) is 6.54 Å². The quantitative estimate of drug-likeness (QED) is 0.747. The highest BCUT2D eigenvalue weighted by atomic mass is 16.5. The van der Waals surface area contributed by atoms with Crippen LogP contribution in [0.15, 0.2) is 35.4 Å². The van der Waals surface area contributed by atoms with Gasteiger partial charge in [-0.2, -0.15) is 0 Å². The summed E-state index contributed by atoms with van der Waals surface area (Å²) in [6.07, 6.45) is 1.32. The normalized spacial score (nSPS) is 10.1. The lowest BCUT2D eigenvalue weighted by atomic mass is 10.2. The first-order valence-corrected chi connectivity index (χ1v) is 5.43. The Labute approximate surface area is 104 Å². The number of H-pyrrole nitrogens is 1. The fourth-order valence-electron chi connectivity index (χ4n) is 1.61. The lowest BCUT2D eigenvalue weighted by molar-refractivity contribution is 0.408. The number of para-hydroxylation sites is 1. The maximum atomic E-state index is 11.5. The molecule has 0 radical (unpaired) electrons. The van der Waals surface area contributed by atoms with Gasteiger partial charge < -0.3 is 20.8 Å². The standard InChI is InChI=1S/C12H14N4O2/c1-18-10-11(14-7-15-12(10)17)16-9-5-3-2-4-8(9)6-13/h2-5,7H,6,13H2,1H3,(H2,14,15,16,17). The number of rotatable bonds is 4. The minimum absolute atomic E-state index is 0.143. The molecule has 0 aliphatic rings. The van der Waals surface area contributed by atoms with E-state index in [1.807, 2.05) is 24.3 Å². The van der Waals surface area contributed by atoms with E-state index < -0.39 is 0 Å². The third kappa shape index (κ3) is 2.33. The first-order chi connectivity index (χ1) is 8.76.